The highest BCUT2D eigenvalue weighted by Crippen LogP contribution is 2.30. The first-order chi connectivity index (χ1) is 9.72. The molecule has 0 saturated carbocycles. The molecule has 0 aromatic carbocycles. The molecular formula is C17H21NO2. The van der Waals surface area contributed by atoms with Crippen LogP contribution in [-0.4, -0.2) is 17.5 Å². The summed E-state index contributed by atoms with van der Waals surface area (Å²) in [5.41, 5.74) is 5.72. The van der Waals surface area contributed by atoms with Gasteiger partial charge in [-0.3, -0.25) is 0 Å². The van der Waals surface area contributed by atoms with Gasteiger partial charge in [-0.2, -0.15) is 0 Å². The highest BCUT2D eigenvalue weighted by atomic mass is 16.5. The molecule has 1 aliphatic carbocycles. The Labute approximate surface area is 119 Å². The Bertz CT molecular complexity index is 655. The summed E-state index contributed by atoms with van der Waals surface area (Å²) in [6.45, 7) is 2.10. The number of carbonyl (C=O) groups is 1. The number of methoxy groups -OCH3 is 1. The summed E-state index contributed by atoms with van der Waals surface area (Å²) in [7, 11) is 1.46. The van der Waals surface area contributed by atoms with Crippen LogP contribution in [0.1, 0.15) is 52.9 Å². The molecule has 2 heterocycles. The summed E-state index contributed by atoms with van der Waals surface area (Å²) >= 11 is 0. The Morgan fingerprint density at radius 1 is 1.15 bits per heavy atom. The van der Waals surface area contributed by atoms with E-state index in [0.717, 1.165) is 25.0 Å². The van der Waals surface area contributed by atoms with Gasteiger partial charge in [0.25, 0.3) is 0 Å². The van der Waals surface area contributed by atoms with Crippen molar-refractivity contribution in [2.45, 2.75) is 45.4 Å². The van der Waals surface area contributed by atoms with Gasteiger partial charge in [0.2, 0.25) is 0 Å². The molecule has 20 heavy (non-hydrogen) atoms. The number of aromatic nitrogens is 1. The maximum absolute atomic E-state index is 12.2. The maximum atomic E-state index is 12.2. The lowest BCUT2D eigenvalue weighted by molar-refractivity contribution is 0.0591. The number of esters is 1. The van der Waals surface area contributed by atoms with Gasteiger partial charge in [0.15, 0.2) is 0 Å². The van der Waals surface area contributed by atoms with Gasteiger partial charge in [0, 0.05) is 11.7 Å². The van der Waals surface area contributed by atoms with Crippen LogP contribution in [0.3, 0.4) is 0 Å². The minimum absolute atomic E-state index is 0.217. The number of fused-ring (bicyclic) bond motifs is 3. The third kappa shape index (κ3) is 2.11. The summed E-state index contributed by atoms with van der Waals surface area (Å²) in [5.74, 6) is -0.217. The third-order valence-electron chi connectivity index (χ3n) is 4.29. The van der Waals surface area contributed by atoms with E-state index in [-0.39, 0.29) is 5.97 Å². The molecule has 0 N–H and O–H groups in total. The second-order valence-electron chi connectivity index (χ2n) is 5.67. The predicted octanol–water partition coefficient (Wildman–Crippen LogP) is 3.69. The monoisotopic (exact) mass is 271 g/mol. The number of hydrogen-bond donors (Lipinski definition) is 0. The molecule has 1 aliphatic rings. The molecule has 0 fully saturated rings. The number of nitrogens with zero attached hydrogens (tertiary/aromatic N) is 1. The minimum atomic E-state index is -0.217. The summed E-state index contributed by atoms with van der Waals surface area (Å²) in [6, 6.07) is 4.24. The fourth-order valence-electron chi connectivity index (χ4n) is 3.30. The first-order valence-corrected chi connectivity index (χ1v) is 7.43. The zero-order valence-electron chi connectivity index (χ0n) is 12.2. The van der Waals surface area contributed by atoms with Gasteiger partial charge in [-0.05, 0) is 61.4 Å². The summed E-state index contributed by atoms with van der Waals surface area (Å²) in [6.07, 6.45) is 8.97. The van der Waals surface area contributed by atoms with Crippen molar-refractivity contribution in [1.29, 1.82) is 0 Å². The molecule has 3 nitrogen and oxygen atoms in total. The smallest absolute Gasteiger partial charge is 0.355 e. The van der Waals surface area contributed by atoms with Crippen LogP contribution >= 0.6 is 0 Å². The van der Waals surface area contributed by atoms with Crippen LogP contribution in [0.15, 0.2) is 18.3 Å². The Kier molecular flexibility index (Phi) is 3.51. The highest BCUT2D eigenvalue weighted by molar-refractivity contribution is 5.92. The molecule has 0 bridgehead atoms. The molecule has 3 rings (SSSR count). The molecule has 106 valence electrons. The largest absolute Gasteiger partial charge is 0.464 e. The van der Waals surface area contributed by atoms with E-state index in [1.807, 2.05) is 16.7 Å². The standard InChI is InChI=1S/C17H21NO2/c1-12-9-10-18-15(11-12)13-7-5-3-4-6-8-14(13)16(18)17(19)20-2/h9-11H,3-8H2,1-2H3. The van der Waals surface area contributed by atoms with Crippen molar-refractivity contribution in [2.24, 2.45) is 0 Å². The molecule has 0 unspecified atom stereocenters. The zero-order valence-corrected chi connectivity index (χ0v) is 12.2. The van der Waals surface area contributed by atoms with Crippen LogP contribution in [-0.2, 0) is 17.6 Å². The Morgan fingerprint density at radius 3 is 2.55 bits per heavy atom. The fraction of sp³-hybridized carbons (Fsp3) is 0.471. The van der Waals surface area contributed by atoms with Crippen molar-refractivity contribution in [2.75, 3.05) is 7.11 Å². The second kappa shape index (κ2) is 5.31. The van der Waals surface area contributed by atoms with Gasteiger partial charge in [-0.25, -0.2) is 4.79 Å². The predicted molar refractivity (Wildman–Crippen MR) is 79.3 cm³/mol. The molecule has 0 spiro atoms. The minimum Gasteiger partial charge on any atom is -0.464 e. The van der Waals surface area contributed by atoms with Crippen LogP contribution in [0, 0.1) is 6.92 Å². The molecule has 0 aliphatic heterocycles. The third-order valence-corrected chi connectivity index (χ3v) is 4.29. The van der Waals surface area contributed by atoms with E-state index in [2.05, 4.69) is 13.0 Å². The number of ether oxygens (including phenoxy) is 1. The molecule has 0 saturated heterocycles. The number of hydrogen-bond acceptors (Lipinski definition) is 2. The quantitative estimate of drug-likeness (QED) is 0.740. The Morgan fingerprint density at radius 2 is 1.85 bits per heavy atom. The molecule has 2 aromatic rings. The molecule has 2 aromatic heterocycles. The number of carbonyl (C=O) groups excluding carboxylic acids is 1. The van der Waals surface area contributed by atoms with Crippen LogP contribution < -0.4 is 0 Å². The molecule has 0 atom stereocenters. The summed E-state index contributed by atoms with van der Waals surface area (Å²) in [4.78, 5) is 12.2. The SMILES string of the molecule is COC(=O)c1c2c(c3cc(C)ccn13)CCCCCC2. The first-order valence-electron chi connectivity index (χ1n) is 7.43. The maximum Gasteiger partial charge on any atom is 0.355 e. The molecule has 0 amide bonds. The normalized spacial score (nSPS) is 15.5. The Balaban J connectivity index is 2.29. The lowest BCUT2D eigenvalue weighted by Crippen LogP contribution is -2.09. The van der Waals surface area contributed by atoms with Crippen LogP contribution in [0.5, 0.6) is 0 Å². The van der Waals surface area contributed by atoms with Gasteiger partial charge >= 0.3 is 5.97 Å². The van der Waals surface area contributed by atoms with E-state index >= 15 is 0 Å². The first kappa shape index (κ1) is 13.2. The Hall–Kier alpha value is -1.77. The van der Waals surface area contributed by atoms with E-state index in [1.54, 1.807) is 0 Å². The van der Waals surface area contributed by atoms with Crippen LogP contribution in [0.4, 0.5) is 0 Å². The molecule has 3 heteroatoms. The van der Waals surface area contributed by atoms with Gasteiger partial charge in [0.05, 0.1) is 7.11 Å². The average molecular weight is 271 g/mol. The second-order valence-corrected chi connectivity index (χ2v) is 5.67. The van der Waals surface area contributed by atoms with E-state index in [9.17, 15) is 4.79 Å². The lowest BCUT2D eigenvalue weighted by Gasteiger charge is -2.10. The van der Waals surface area contributed by atoms with E-state index in [4.69, 9.17) is 4.74 Å². The van der Waals surface area contributed by atoms with E-state index in [0.29, 0.717) is 0 Å². The van der Waals surface area contributed by atoms with E-state index < -0.39 is 0 Å². The average Bonchev–Trinajstić information content (AvgIpc) is 2.70. The summed E-state index contributed by atoms with van der Waals surface area (Å²) in [5, 5.41) is 0. The van der Waals surface area contributed by atoms with Crippen molar-refractivity contribution in [1.82, 2.24) is 4.40 Å². The van der Waals surface area contributed by atoms with Crippen molar-refractivity contribution in [3.8, 4) is 0 Å². The van der Waals surface area contributed by atoms with Crippen molar-refractivity contribution >= 4 is 11.5 Å². The van der Waals surface area contributed by atoms with Crippen molar-refractivity contribution in [3.05, 3.63) is 40.7 Å². The number of aryl methyl sites for hydroxylation is 2. The lowest BCUT2D eigenvalue weighted by atomic mass is 9.94. The molecular weight excluding hydrogens is 250 g/mol. The number of pyridine rings is 1. The van der Waals surface area contributed by atoms with Gasteiger partial charge in [-0.1, -0.05) is 12.8 Å². The highest BCUT2D eigenvalue weighted by Gasteiger charge is 2.24. The number of rotatable bonds is 1. The van der Waals surface area contributed by atoms with Crippen molar-refractivity contribution in [3.63, 3.8) is 0 Å². The summed E-state index contributed by atoms with van der Waals surface area (Å²) < 4.78 is 7.03. The van der Waals surface area contributed by atoms with Gasteiger partial charge in [-0.15, -0.1) is 0 Å². The fourth-order valence-corrected chi connectivity index (χ4v) is 3.30. The topological polar surface area (TPSA) is 30.7 Å². The van der Waals surface area contributed by atoms with Gasteiger partial charge in [0.1, 0.15) is 5.69 Å². The van der Waals surface area contributed by atoms with Gasteiger partial charge < -0.3 is 9.14 Å². The van der Waals surface area contributed by atoms with Crippen molar-refractivity contribution < 1.29 is 9.53 Å². The molecule has 0 radical (unpaired) electrons. The zero-order chi connectivity index (χ0) is 14.1. The van der Waals surface area contributed by atoms with Crippen LogP contribution in [0.2, 0.25) is 0 Å². The van der Waals surface area contributed by atoms with Crippen LogP contribution in [0.25, 0.3) is 5.52 Å². The van der Waals surface area contributed by atoms with E-state index in [1.165, 1.54) is 48.6 Å².